The number of hydrogen-bond acceptors (Lipinski definition) is 5. The van der Waals surface area contributed by atoms with Crippen LogP contribution in [0.25, 0.3) is 0 Å². The van der Waals surface area contributed by atoms with Gasteiger partial charge >= 0.3 is 0 Å². The smallest absolute Gasteiger partial charge is 0.220 e. The number of piperidine rings is 1. The highest BCUT2D eigenvalue weighted by Crippen LogP contribution is 2.18. The van der Waals surface area contributed by atoms with E-state index in [0.29, 0.717) is 18.2 Å². The lowest BCUT2D eigenvalue weighted by molar-refractivity contribution is 0.372. The largest absolute Gasteiger partial charge is 0.317 e. The Balaban J connectivity index is 1.94. The highest BCUT2D eigenvalue weighted by atomic mass is 32.2. The second-order valence-electron chi connectivity index (χ2n) is 4.86. The first-order valence-electron chi connectivity index (χ1n) is 6.54. The van der Waals surface area contributed by atoms with Gasteiger partial charge in [-0.25, -0.2) is 13.1 Å². The molecule has 1 atom stereocenters. The topological polar surface area (TPSA) is 84.0 Å². The van der Waals surface area contributed by atoms with E-state index in [1.165, 1.54) is 18.6 Å². The summed E-state index contributed by atoms with van der Waals surface area (Å²) in [5.74, 6) is 0.421. The Morgan fingerprint density at radius 3 is 2.79 bits per heavy atom. The fourth-order valence-electron chi connectivity index (χ4n) is 2.12. The Bertz CT molecular complexity index is 486. The molecule has 1 fully saturated rings. The van der Waals surface area contributed by atoms with Gasteiger partial charge in [-0.3, -0.25) is 9.97 Å². The molecule has 0 spiro atoms. The SMILES string of the molecule is C[C@@H](c1cnccn1)S(=O)(=O)NCC1CCNCC1. The third-order valence-corrected chi connectivity index (χ3v) is 5.24. The van der Waals surface area contributed by atoms with Gasteiger partial charge in [-0.15, -0.1) is 0 Å². The molecule has 2 rings (SSSR count). The molecular formula is C12H20N4O2S. The number of aromatic nitrogens is 2. The minimum Gasteiger partial charge on any atom is -0.317 e. The zero-order chi connectivity index (χ0) is 13.7. The highest BCUT2D eigenvalue weighted by molar-refractivity contribution is 7.89. The number of sulfonamides is 1. The Hall–Kier alpha value is -1.05. The van der Waals surface area contributed by atoms with E-state index in [1.807, 2.05) is 0 Å². The molecule has 0 bridgehead atoms. The first kappa shape index (κ1) is 14.4. The lowest BCUT2D eigenvalue weighted by atomic mass is 9.99. The summed E-state index contributed by atoms with van der Waals surface area (Å²) in [5.41, 5.74) is 0.473. The van der Waals surface area contributed by atoms with Crippen molar-refractivity contribution in [1.29, 1.82) is 0 Å². The lowest BCUT2D eigenvalue weighted by Crippen LogP contribution is -2.37. The maximum atomic E-state index is 12.2. The molecule has 1 aromatic rings. The van der Waals surface area contributed by atoms with E-state index < -0.39 is 15.3 Å². The Morgan fingerprint density at radius 2 is 2.16 bits per heavy atom. The van der Waals surface area contributed by atoms with Gasteiger partial charge in [-0.2, -0.15) is 0 Å². The molecule has 1 aliphatic heterocycles. The molecule has 2 N–H and O–H groups in total. The highest BCUT2D eigenvalue weighted by Gasteiger charge is 2.25. The summed E-state index contributed by atoms with van der Waals surface area (Å²) >= 11 is 0. The summed E-state index contributed by atoms with van der Waals surface area (Å²) in [7, 11) is -3.39. The summed E-state index contributed by atoms with van der Waals surface area (Å²) < 4.78 is 27.1. The van der Waals surface area contributed by atoms with E-state index in [0.717, 1.165) is 25.9 Å². The second kappa shape index (κ2) is 6.40. The third-order valence-electron chi connectivity index (χ3n) is 3.50. The molecule has 19 heavy (non-hydrogen) atoms. The molecule has 1 aliphatic rings. The van der Waals surface area contributed by atoms with Gasteiger partial charge in [-0.1, -0.05) is 0 Å². The van der Waals surface area contributed by atoms with E-state index >= 15 is 0 Å². The van der Waals surface area contributed by atoms with Crippen LogP contribution in [0.1, 0.15) is 30.7 Å². The maximum absolute atomic E-state index is 12.2. The predicted molar refractivity (Wildman–Crippen MR) is 73.0 cm³/mol. The minimum absolute atomic E-state index is 0.421. The fourth-order valence-corrected chi connectivity index (χ4v) is 3.28. The van der Waals surface area contributed by atoms with Crippen LogP contribution in [0.2, 0.25) is 0 Å². The zero-order valence-electron chi connectivity index (χ0n) is 11.0. The van der Waals surface area contributed by atoms with Gasteiger partial charge in [0, 0.05) is 25.1 Å². The average Bonchev–Trinajstić information content (AvgIpc) is 2.46. The average molecular weight is 284 g/mol. The molecule has 1 saturated heterocycles. The van der Waals surface area contributed by atoms with Crippen LogP contribution in [-0.4, -0.2) is 38.0 Å². The number of rotatable bonds is 5. The molecule has 0 unspecified atom stereocenters. The summed E-state index contributed by atoms with van der Waals surface area (Å²) in [6.45, 7) is 4.07. The van der Waals surface area contributed by atoms with E-state index in [4.69, 9.17) is 0 Å². The standard InChI is InChI=1S/C12H20N4O2S/c1-10(12-9-14-6-7-15-12)19(17,18)16-8-11-2-4-13-5-3-11/h6-7,9-11,13,16H,2-5,8H2,1H3/t10-/m0/s1. The lowest BCUT2D eigenvalue weighted by Gasteiger charge is -2.23. The number of nitrogens with one attached hydrogen (secondary N) is 2. The van der Waals surface area contributed by atoms with Crippen LogP contribution < -0.4 is 10.0 Å². The molecule has 2 heterocycles. The molecular weight excluding hydrogens is 264 g/mol. The van der Waals surface area contributed by atoms with Crippen molar-refractivity contribution in [3.8, 4) is 0 Å². The van der Waals surface area contributed by atoms with Gasteiger partial charge in [0.25, 0.3) is 0 Å². The van der Waals surface area contributed by atoms with Gasteiger partial charge in [0.05, 0.1) is 5.69 Å². The summed E-state index contributed by atoms with van der Waals surface area (Å²) in [5, 5.41) is 2.59. The van der Waals surface area contributed by atoms with Crippen LogP contribution in [0, 0.1) is 5.92 Å². The van der Waals surface area contributed by atoms with Crippen LogP contribution in [0.15, 0.2) is 18.6 Å². The van der Waals surface area contributed by atoms with E-state index in [1.54, 1.807) is 6.92 Å². The fraction of sp³-hybridized carbons (Fsp3) is 0.667. The van der Waals surface area contributed by atoms with Gasteiger partial charge in [0.15, 0.2) is 0 Å². The molecule has 6 nitrogen and oxygen atoms in total. The van der Waals surface area contributed by atoms with Gasteiger partial charge in [0.2, 0.25) is 10.0 Å². The summed E-state index contributed by atoms with van der Waals surface area (Å²) in [6, 6.07) is 0. The van der Waals surface area contributed by atoms with E-state index in [9.17, 15) is 8.42 Å². The maximum Gasteiger partial charge on any atom is 0.220 e. The van der Waals surface area contributed by atoms with Crippen LogP contribution in [0.3, 0.4) is 0 Å². The summed E-state index contributed by atoms with van der Waals surface area (Å²) in [4.78, 5) is 7.95. The van der Waals surface area contributed by atoms with Crippen molar-refractivity contribution in [1.82, 2.24) is 20.0 Å². The van der Waals surface area contributed by atoms with Gasteiger partial charge in [0.1, 0.15) is 5.25 Å². The number of hydrogen-bond donors (Lipinski definition) is 2. The Morgan fingerprint density at radius 1 is 1.42 bits per heavy atom. The summed E-state index contributed by atoms with van der Waals surface area (Å²) in [6.07, 6.45) is 6.57. The van der Waals surface area contributed by atoms with E-state index in [2.05, 4.69) is 20.0 Å². The van der Waals surface area contributed by atoms with E-state index in [-0.39, 0.29) is 0 Å². The monoisotopic (exact) mass is 284 g/mol. The molecule has 0 radical (unpaired) electrons. The van der Waals surface area contributed by atoms with Crippen molar-refractivity contribution in [3.05, 3.63) is 24.3 Å². The van der Waals surface area contributed by atoms with Crippen molar-refractivity contribution in [2.24, 2.45) is 5.92 Å². The van der Waals surface area contributed by atoms with Crippen molar-refractivity contribution < 1.29 is 8.42 Å². The van der Waals surface area contributed by atoms with Crippen molar-refractivity contribution in [3.63, 3.8) is 0 Å². The minimum atomic E-state index is -3.39. The Kier molecular flexibility index (Phi) is 4.84. The van der Waals surface area contributed by atoms with Crippen molar-refractivity contribution >= 4 is 10.0 Å². The second-order valence-corrected chi connectivity index (χ2v) is 6.95. The molecule has 0 amide bonds. The predicted octanol–water partition coefficient (Wildman–Crippen LogP) is 0.457. The quantitative estimate of drug-likeness (QED) is 0.820. The molecule has 0 saturated carbocycles. The van der Waals surface area contributed by atoms with Crippen molar-refractivity contribution in [2.45, 2.75) is 25.0 Å². The van der Waals surface area contributed by atoms with Gasteiger partial charge < -0.3 is 5.32 Å². The molecule has 7 heteroatoms. The van der Waals surface area contributed by atoms with Crippen LogP contribution in [-0.2, 0) is 10.0 Å². The van der Waals surface area contributed by atoms with Crippen LogP contribution >= 0.6 is 0 Å². The third kappa shape index (κ3) is 3.95. The molecule has 1 aromatic heterocycles. The van der Waals surface area contributed by atoms with Crippen molar-refractivity contribution in [2.75, 3.05) is 19.6 Å². The van der Waals surface area contributed by atoms with Crippen LogP contribution in [0.4, 0.5) is 0 Å². The first-order chi connectivity index (χ1) is 9.09. The normalized spacial score (nSPS) is 19.2. The van der Waals surface area contributed by atoms with Crippen LogP contribution in [0.5, 0.6) is 0 Å². The molecule has 106 valence electrons. The molecule has 0 aliphatic carbocycles. The number of nitrogens with zero attached hydrogens (tertiary/aromatic N) is 2. The zero-order valence-corrected chi connectivity index (χ0v) is 11.9. The molecule has 0 aromatic carbocycles. The Labute approximate surface area is 114 Å². The first-order valence-corrected chi connectivity index (χ1v) is 8.09. The van der Waals surface area contributed by atoms with Gasteiger partial charge in [-0.05, 0) is 38.8 Å².